The Morgan fingerprint density at radius 3 is 3.07 bits per heavy atom. The molecule has 0 spiro atoms. The molecule has 2 rings (SSSR count). The highest BCUT2D eigenvalue weighted by Crippen LogP contribution is 2.31. The molecule has 1 aliphatic rings. The molecule has 1 aromatic carbocycles. The number of aryl methyl sites for hydroxylation is 1. The molecule has 0 saturated heterocycles. The first-order chi connectivity index (χ1) is 6.83. The number of nitrogens with one attached hydrogen (secondary N) is 1. The van der Waals surface area contributed by atoms with Crippen molar-refractivity contribution in [2.75, 3.05) is 18.4 Å². The van der Waals surface area contributed by atoms with E-state index in [2.05, 4.69) is 36.5 Å². The van der Waals surface area contributed by atoms with Crippen LogP contribution < -0.4 is 11.1 Å². The van der Waals surface area contributed by atoms with Crippen molar-refractivity contribution in [3.63, 3.8) is 0 Å². The molecule has 0 atom stereocenters. The number of anilines is 1. The predicted octanol–water partition coefficient (Wildman–Crippen LogP) is 2.15. The molecule has 0 aromatic heterocycles. The van der Waals surface area contributed by atoms with Crippen molar-refractivity contribution < 1.29 is 0 Å². The highest BCUT2D eigenvalue weighted by molar-refractivity contribution is 5.81. The van der Waals surface area contributed by atoms with Crippen LogP contribution in [0.25, 0.3) is 5.57 Å². The number of hydrogen-bond donors (Lipinski definition) is 2. The Balaban J connectivity index is 2.43. The van der Waals surface area contributed by atoms with E-state index in [-0.39, 0.29) is 0 Å². The van der Waals surface area contributed by atoms with Gasteiger partial charge in [-0.3, -0.25) is 0 Å². The number of nitrogens with two attached hydrogens (primary N) is 1. The number of fused-ring (bicyclic) bond motifs is 1. The molecule has 0 fully saturated rings. The van der Waals surface area contributed by atoms with E-state index in [1.807, 2.05) is 0 Å². The van der Waals surface area contributed by atoms with E-state index in [0.29, 0.717) is 0 Å². The lowest BCUT2D eigenvalue weighted by Crippen LogP contribution is -2.11. The van der Waals surface area contributed by atoms with Crippen LogP contribution in [0.5, 0.6) is 0 Å². The summed E-state index contributed by atoms with van der Waals surface area (Å²) in [5, 5.41) is 3.40. The van der Waals surface area contributed by atoms with E-state index in [9.17, 15) is 0 Å². The summed E-state index contributed by atoms with van der Waals surface area (Å²) in [5.41, 5.74) is 10.9. The van der Waals surface area contributed by atoms with Gasteiger partial charge in [-0.25, -0.2) is 0 Å². The molecular formula is C12H16N2. The maximum atomic E-state index is 5.59. The third-order valence-electron chi connectivity index (χ3n) is 2.66. The van der Waals surface area contributed by atoms with Crippen molar-refractivity contribution in [2.24, 2.45) is 5.73 Å². The summed E-state index contributed by atoms with van der Waals surface area (Å²) >= 11 is 0. The summed E-state index contributed by atoms with van der Waals surface area (Å²) in [4.78, 5) is 0. The van der Waals surface area contributed by atoms with Gasteiger partial charge in [0.2, 0.25) is 0 Å². The summed E-state index contributed by atoms with van der Waals surface area (Å²) in [7, 11) is 0. The number of rotatable bonds is 2. The van der Waals surface area contributed by atoms with Gasteiger partial charge in [-0.1, -0.05) is 24.3 Å². The van der Waals surface area contributed by atoms with E-state index in [0.717, 1.165) is 19.5 Å². The Morgan fingerprint density at radius 1 is 1.43 bits per heavy atom. The molecule has 0 radical (unpaired) electrons. The average Bonchev–Trinajstić information content (AvgIpc) is 2.20. The van der Waals surface area contributed by atoms with E-state index in [4.69, 9.17) is 5.73 Å². The lowest BCUT2D eigenvalue weighted by molar-refractivity contribution is 1.01. The molecular weight excluding hydrogens is 172 g/mol. The van der Waals surface area contributed by atoms with Crippen molar-refractivity contribution in [3.05, 3.63) is 35.4 Å². The Kier molecular flexibility index (Phi) is 2.55. The van der Waals surface area contributed by atoms with Crippen LogP contribution in [0.4, 0.5) is 5.69 Å². The molecule has 0 unspecified atom stereocenters. The Morgan fingerprint density at radius 2 is 2.29 bits per heavy atom. The molecule has 1 aliphatic heterocycles. The zero-order chi connectivity index (χ0) is 9.97. The maximum Gasteiger partial charge on any atom is 0.0448 e. The van der Waals surface area contributed by atoms with Gasteiger partial charge in [0.1, 0.15) is 0 Å². The van der Waals surface area contributed by atoms with Crippen LogP contribution in [-0.2, 0) is 0 Å². The molecule has 1 heterocycles. The first-order valence-corrected chi connectivity index (χ1v) is 5.06. The summed E-state index contributed by atoms with van der Waals surface area (Å²) in [5.74, 6) is 0. The average molecular weight is 188 g/mol. The van der Waals surface area contributed by atoms with Crippen molar-refractivity contribution in [1.82, 2.24) is 0 Å². The zero-order valence-corrected chi connectivity index (χ0v) is 8.51. The van der Waals surface area contributed by atoms with E-state index in [1.54, 1.807) is 0 Å². The molecule has 2 heteroatoms. The molecule has 0 aliphatic carbocycles. The number of para-hydroxylation sites is 1. The molecule has 1 aromatic rings. The predicted molar refractivity (Wildman–Crippen MR) is 61.3 cm³/mol. The summed E-state index contributed by atoms with van der Waals surface area (Å²) in [6, 6.07) is 6.40. The van der Waals surface area contributed by atoms with Gasteiger partial charge in [0.05, 0.1) is 0 Å². The van der Waals surface area contributed by atoms with Gasteiger partial charge in [-0.05, 0) is 31.0 Å². The largest absolute Gasteiger partial charge is 0.381 e. The minimum Gasteiger partial charge on any atom is -0.381 e. The van der Waals surface area contributed by atoms with Crippen molar-refractivity contribution in [2.45, 2.75) is 13.3 Å². The van der Waals surface area contributed by atoms with Crippen molar-refractivity contribution in [3.8, 4) is 0 Å². The van der Waals surface area contributed by atoms with E-state index >= 15 is 0 Å². The Hall–Kier alpha value is -1.28. The first-order valence-electron chi connectivity index (χ1n) is 5.06. The second-order valence-corrected chi connectivity index (χ2v) is 3.65. The fourth-order valence-electron chi connectivity index (χ4n) is 1.95. The van der Waals surface area contributed by atoms with Gasteiger partial charge < -0.3 is 11.1 Å². The van der Waals surface area contributed by atoms with E-state index in [1.165, 1.54) is 22.4 Å². The molecule has 0 bridgehead atoms. The van der Waals surface area contributed by atoms with Crippen LogP contribution in [0, 0.1) is 6.92 Å². The highest BCUT2D eigenvalue weighted by Gasteiger charge is 2.12. The third-order valence-corrected chi connectivity index (χ3v) is 2.66. The lowest BCUT2D eigenvalue weighted by atomic mass is 9.95. The minimum atomic E-state index is 0.721. The SMILES string of the molecule is Cc1cccc2c1NCC=C2CCN. The molecule has 14 heavy (non-hydrogen) atoms. The van der Waals surface area contributed by atoms with Crippen LogP contribution >= 0.6 is 0 Å². The van der Waals surface area contributed by atoms with Crippen LogP contribution in [0.1, 0.15) is 17.5 Å². The minimum absolute atomic E-state index is 0.721. The number of benzene rings is 1. The van der Waals surface area contributed by atoms with Crippen molar-refractivity contribution in [1.29, 1.82) is 0 Å². The normalized spacial score (nSPS) is 14.3. The monoisotopic (exact) mass is 188 g/mol. The second-order valence-electron chi connectivity index (χ2n) is 3.65. The van der Waals surface area contributed by atoms with Crippen LogP contribution in [0.15, 0.2) is 24.3 Å². The van der Waals surface area contributed by atoms with Gasteiger partial charge in [0.15, 0.2) is 0 Å². The standard InChI is InChI=1S/C12H16N2/c1-9-3-2-4-11-10(5-7-13)6-8-14-12(9)11/h2-4,6,14H,5,7-8,13H2,1H3. The molecule has 74 valence electrons. The van der Waals surface area contributed by atoms with Crippen molar-refractivity contribution >= 4 is 11.3 Å². The van der Waals surface area contributed by atoms with Gasteiger partial charge >= 0.3 is 0 Å². The quantitative estimate of drug-likeness (QED) is 0.746. The molecule has 3 N–H and O–H groups in total. The number of hydrogen-bond acceptors (Lipinski definition) is 2. The van der Waals surface area contributed by atoms with Crippen LogP contribution in [0.2, 0.25) is 0 Å². The summed E-state index contributed by atoms with van der Waals surface area (Å²) in [6.07, 6.45) is 3.20. The zero-order valence-electron chi connectivity index (χ0n) is 8.51. The molecule has 0 saturated carbocycles. The second kappa shape index (κ2) is 3.84. The van der Waals surface area contributed by atoms with Gasteiger partial charge in [-0.15, -0.1) is 0 Å². The fraction of sp³-hybridized carbons (Fsp3) is 0.333. The maximum absolute atomic E-state index is 5.59. The summed E-state index contributed by atoms with van der Waals surface area (Å²) in [6.45, 7) is 3.78. The third kappa shape index (κ3) is 1.53. The Bertz CT molecular complexity index is 367. The lowest BCUT2D eigenvalue weighted by Gasteiger charge is -2.20. The Labute approximate surface area is 84.8 Å². The topological polar surface area (TPSA) is 38.0 Å². The van der Waals surface area contributed by atoms with Crippen LogP contribution in [0.3, 0.4) is 0 Å². The fourth-order valence-corrected chi connectivity index (χ4v) is 1.95. The van der Waals surface area contributed by atoms with Crippen LogP contribution in [-0.4, -0.2) is 13.1 Å². The highest BCUT2D eigenvalue weighted by atomic mass is 14.9. The molecule has 0 amide bonds. The van der Waals surface area contributed by atoms with Gasteiger partial charge in [-0.2, -0.15) is 0 Å². The summed E-state index contributed by atoms with van der Waals surface area (Å²) < 4.78 is 0. The first kappa shape index (κ1) is 9.28. The smallest absolute Gasteiger partial charge is 0.0448 e. The van der Waals surface area contributed by atoms with Gasteiger partial charge in [0, 0.05) is 17.8 Å². The van der Waals surface area contributed by atoms with E-state index < -0.39 is 0 Å². The van der Waals surface area contributed by atoms with Gasteiger partial charge in [0.25, 0.3) is 0 Å². The molecule has 2 nitrogen and oxygen atoms in total.